The molecular formula is C32H32O6. The largest absolute Gasteiger partial charge is 0.508 e. The van der Waals surface area contributed by atoms with E-state index in [0.717, 1.165) is 17.7 Å². The van der Waals surface area contributed by atoms with Gasteiger partial charge >= 0.3 is 5.97 Å². The average Bonchev–Trinajstić information content (AvgIpc) is 2.93. The molecule has 1 atom stereocenters. The van der Waals surface area contributed by atoms with Crippen LogP contribution in [-0.2, 0) is 4.79 Å². The third kappa shape index (κ3) is 5.44. The molecule has 0 saturated heterocycles. The van der Waals surface area contributed by atoms with Crippen molar-refractivity contribution in [2.45, 2.75) is 57.8 Å². The Labute approximate surface area is 221 Å². The summed E-state index contributed by atoms with van der Waals surface area (Å²) in [6, 6.07) is 17.5. The minimum atomic E-state index is -0.326. The van der Waals surface area contributed by atoms with Gasteiger partial charge in [0.1, 0.15) is 29.1 Å². The summed E-state index contributed by atoms with van der Waals surface area (Å²) in [6.07, 6.45) is 8.85. The number of phenolic OH excluding ortho intramolecular Hbond substituents is 1. The lowest BCUT2D eigenvalue weighted by Crippen LogP contribution is -2.22. The predicted octanol–water partition coefficient (Wildman–Crippen LogP) is 7.35. The fraction of sp³-hybridized carbons (Fsp3) is 0.312. The van der Waals surface area contributed by atoms with Crippen LogP contribution in [0.3, 0.4) is 0 Å². The molecule has 3 aromatic carbocycles. The summed E-state index contributed by atoms with van der Waals surface area (Å²) in [5, 5.41) is 10.0. The number of carbonyl (C=O) groups excluding carboxylic acids is 1. The lowest BCUT2D eigenvalue weighted by atomic mass is 9.85. The number of fused-ring (bicyclic) bond motifs is 3. The van der Waals surface area contributed by atoms with Crippen molar-refractivity contribution in [2.24, 2.45) is 0 Å². The van der Waals surface area contributed by atoms with E-state index < -0.39 is 0 Å². The van der Waals surface area contributed by atoms with E-state index in [2.05, 4.69) is 6.92 Å². The molecule has 196 valence electrons. The summed E-state index contributed by atoms with van der Waals surface area (Å²) in [4.78, 5) is 25.9. The molecule has 1 aliphatic rings. The summed E-state index contributed by atoms with van der Waals surface area (Å²) in [5.74, 6) is 0.682. The fourth-order valence-corrected chi connectivity index (χ4v) is 5.05. The highest BCUT2D eigenvalue weighted by atomic mass is 16.5. The topological polar surface area (TPSA) is 86.0 Å². The molecule has 0 fully saturated rings. The Hall–Kier alpha value is -4.06. The summed E-state index contributed by atoms with van der Waals surface area (Å²) in [7, 11) is 0. The lowest BCUT2D eigenvalue weighted by Gasteiger charge is -2.25. The maximum atomic E-state index is 13.4. The Kier molecular flexibility index (Phi) is 7.78. The van der Waals surface area contributed by atoms with Gasteiger partial charge in [0, 0.05) is 11.5 Å². The third-order valence-electron chi connectivity index (χ3n) is 7.11. The SMILES string of the molecule is CCCCCCCCOc1ccc([C@@H]2CC(=O)Oc3ccc4c(=O)c(-c5ccc(O)cc5)coc4c32)cc1. The number of esters is 1. The van der Waals surface area contributed by atoms with E-state index in [-0.39, 0.29) is 29.5 Å². The molecule has 0 spiro atoms. The highest BCUT2D eigenvalue weighted by Gasteiger charge is 2.32. The molecule has 1 aromatic heterocycles. The number of carbonyl (C=O) groups is 1. The highest BCUT2D eigenvalue weighted by Crippen LogP contribution is 2.43. The van der Waals surface area contributed by atoms with Crippen LogP contribution >= 0.6 is 0 Å². The standard InChI is InChI=1S/C32H32O6/c1-2-3-4-5-6-7-18-36-24-14-10-21(11-15-24)26-19-29(34)38-28-17-16-25-31(35)27(20-37-32(25)30(26)28)22-8-12-23(33)13-9-22/h8-17,20,26,33H,2-7,18-19H2,1H3/t26-/m0/s1. The Morgan fingerprint density at radius 1 is 0.895 bits per heavy atom. The molecule has 38 heavy (non-hydrogen) atoms. The van der Waals surface area contributed by atoms with E-state index in [9.17, 15) is 14.7 Å². The quantitative estimate of drug-likeness (QED) is 0.136. The van der Waals surface area contributed by atoms with Gasteiger partial charge in [0.15, 0.2) is 0 Å². The lowest BCUT2D eigenvalue weighted by molar-refractivity contribution is -0.135. The van der Waals surface area contributed by atoms with E-state index >= 15 is 0 Å². The molecule has 5 rings (SSSR count). The zero-order valence-corrected chi connectivity index (χ0v) is 21.6. The van der Waals surface area contributed by atoms with Gasteiger partial charge < -0.3 is 19.0 Å². The second-order valence-electron chi connectivity index (χ2n) is 9.80. The van der Waals surface area contributed by atoms with Crippen LogP contribution in [0.1, 0.15) is 68.9 Å². The Morgan fingerprint density at radius 3 is 2.39 bits per heavy atom. The first kappa shape index (κ1) is 25.6. The molecule has 0 aliphatic carbocycles. The van der Waals surface area contributed by atoms with Crippen molar-refractivity contribution >= 4 is 16.9 Å². The second-order valence-corrected chi connectivity index (χ2v) is 9.80. The van der Waals surface area contributed by atoms with Crippen LogP contribution in [0.2, 0.25) is 0 Å². The zero-order chi connectivity index (χ0) is 26.5. The van der Waals surface area contributed by atoms with E-state index in [1.165, 1.54) is 50.5 Å². The van der Waals surface area contributed by atoms with Crippen molar-refractivity contribution in [1.29, 1.82) is 0 Å². The van der Waals surface area contributed by atoms with Gasteiger partial charge in [0.25, 0.3) is 0 Å². The van der Waals surface area contributed by atoms with Crippen molar-refractivity contribution in [3.8, 4) is 28.4 Å². The number of aromatic hydroxyl groups is 1. The van der Waals surface area contributed by atoms with Crippen molar-refractivity contribution in [3.05, 3.63) is 88.3 Å². The van der Waals surface area contributed by atoms with Crippen LogP contribution in [0.15, 0.2) is 76.1 Å². The second kappa shape index (κ2) is 11.5. The smallest absolute Gasteiger partial charge is 0.312 e. The molecule has 6 heteroatoms. The molecule has 1 aliphatic heterocycles. The molecule has 0 bridgehead atoms. The van der Waals surface area contributed by atoms with Crippen molar-refractivity contribution in [2.75, 3.05) is 6.61 Å². The first-order chi connectivity index (χ1) is 18.5. The summed E-state index contributed by atoms with van der Waals surface area (Å²) < 4.78 is 17.5. The first-order valence-electron chi connectivity index (χ1n) is 13.4. The van der Waals surface area contributed by atoms with Gasteiger partial charge in [-0.3, -0.25) is 9.59 Å². The first-order valence-corrected chi connectivity index (χ1v) is 13.4. The molecular weight excluding hydrogens is 480 g/mol. The van der Waals surface area contributed by atoms with E-state index in [1.807, 2.05) is 24.3 Å². The molecule has 0 amide bonds. The summed E-state index contributed by atoms with van der Waals surface area (Å²) in [5.41, 5.74) is 2.89. The number of ether oxygens (including phenoxy) is 2. The normalized spacial score (nSPS) is 14.8. The molecule has 2 heterocycles. The highest BCUT2D eigenvalue weighted by molar-refractivity contribution is 5.90. The van der Waals surface area contributed by atoms with E-state index in [0.29, 0.717) is 40.0 Å². The van der Waals surface area contributed by atoms with Gasteiger partial charge in [-0.2, -0.15) is 0 Å². The maximum absolute atomic E-state index is 13.4. The van der Waals surface area contributed by atoms with Crippen LogP contribution in [0.4, 0.5) is 0 Å². The predicted molar refractivity (Wildman–Crippen MR) is 147 cm³/mol. The van der Waals surface area contributed by atoms with Crippen molar-refractivity contribution in [3.63, 3.8) is 0 Å². The monoisotopic (exact) mass is 512 g/mol. The molecule has 1 N–H and O–H groups in total. The van der Waals surface area contributed by atoms with E-state index in [4.69, 9.17) is 13.9 Å². The van der Waals surface area contributed by atoms with Gasteiger partial charge in [-0.15, -0.1) is 0 Å². The Bertz CT molecular complexity index is 1470. The number of hydrogen-bond donors (Lipinski definition) is 1. The van der Waals surface area contributed by atoms with Crippen LogP contribution in [-0.4, -0.2) is 17.7 Å². The van der Waals surface area contributed by atoms with Crippen LogP contribution in [0, 0.1) is 0 Å². The van der Waals surface area contributed by atoms with Gasteiger partial charge in [-0.1, -0.05) is 63.3 Å². The van der Waals surface area contributed by atoms with Gasteiger partial charge in [-0.05, 0) is 53.9 Å². The van der Waals surface area contributed by atoms with Gasteiger partial charge in [-0.25, -0.2) is 0 Å². The maximum Gasteiger partial charge on any atom is 0.312 e. The van der Waals surface area contributed by atoms with Crippen molar-refractivity contribution in [1.82, 2.24) is 0 Å². The molecule has 0 radical (unpaired) electrons. The Balaban J connectivity index is 1.40. The number of unbranched alkanes of at least 4 members (excludes halogenated alkanes) is 5. The van der Waals surface area contributed by atoms with Gasteiger partial charge in [0.05, 0.1) is 24.0 Å². The minimum absolute atomic E-state index is 0.122. The van der Waals surface area contributed by atoms with Crippen LogP contribution in [0.5, 0.6) is 17.2 Å². The number of hydrogen-bond acceptors (Lipinski definition) is 6. The molecule has 6 nitrogen and oxygen atoms in total. The number of phenols is 1. The van der Waals surface area contributed by atoms with E-state index in [1.54, 1.807) is 24.3 Å². The summed E-state index contributed by atoms with van der Waals surface area (Å²) >= 11 is 0. The minimum Gasteiger partial charge on any atom is -0.508 e. The van der Waals surface area contributed by atoms with Crippen molar-refractivity contribution < 1.29 is 23.8 Å². The van der Waals surface area contributed by atoms with Crippen LogP contribution in [0.25, 0.3) is 22.1 Å². The third-order valence-corrected chi connectivity index (χ3v) is 7.11. The van der Waals surface area contributed by atoms with Gasteiger partial charge in [0.2, 0.25) is 5.43 Å². The molecule has 0 unspecified atom stereocenters. The van der Waals surface area contributed by atoms with Crippen LogP contribution < -0.4 is 14.9 Å². The average molecular weight is 513 g/mol. The number of rotatable bonds is 10. The fourth-order valence-electron chi connectivity index (χ4n) is 5.05. The zero-order valence-electron chi connectivity index (χ0n) is 21.6. The number of benzene rings is 3. The summed E-state index contributed by atoms with van der Waals surface area (Å²) in [6.45, 7) is 2.90. The molecule has 4 aromatic rings. The molecule has 0 saturated carbocycles. The Morgan fingerprint density at radius 2 is 1.63 bits per heavy atom.